The summed E-state index contributed by atoms with van der Waals surface area (Å²) < 4.78 is 2.40. The predicted octanol–water partition coefficient (Wildman–Crippen LogP) is 2.62. The topological polar surface area (TPSA) is 43.8 Å². The van der Waals surface area contributed by atoms with Crippen LogP contribution in [0.1, 0.15) is 56.3 Å². The third kappa shape index (κ3) is 1.53. The zero-order chi connectivity index (χ0) is 13.3. The van der Waals surface area contributed by atoms with Crippen LogP contribution in [0.25, 0.3) is 0 Å². The number of imidazole rings is 1. The number of hydrogen-bond donors (Lipinski definition) is 1. The van der Waals surface area contributed by atoms with Crippen molar-refractivity contribution in [3.05, 3.63) is 17.7 Å². The minimum absolute atomic E-state index is 0.354. The van der Waals surface area contributed by atoms with Gasteiger partial charge in [-0.25, -0.2) is 4.98 Å². The van der Waals surface area contributed by atoms with Gasteiger partial charge in [0.15, 0.2) is 0 Å². The maximum Gasteiger partial charge on any atom is 0.0951 e. The molecule has 4 fully saturated rings. The average Bonchev–Trinajstić information content (AvgIpc) is 2.80. The summed E-state index contributed by atoms with van der Waals surface area (Å²) in [6.45, 7) is 1.08. The van der Waals surface area contributed by atoms with E-state index in [1.807, 2.05) is 0 Å². The van der Waals surface area contributed by atoms with Gasteiger partial charge in [0.25, 0.3) is 0 Å². The van der Waals surface area contributed by atoms with E-state index in [0.29, 0.717) is 11.5 Å². The highest BCUT2D eigenvalue weighted by Crippen LogP contribution is 2.60. The van der Waals surface area contributed by atoms with Crippen LogP contribution in [0.15, 0.2) is 6.33 Å². The fourth-order valence-electron chi connectivity index (χ4n) is 6.31. The summed E-state index contributed by atoms with van der Waals surface area (Å²) in [5, 5.41) is 0. The Bertz CT molecular complexity index is 509. The summed E-state index contributed by atoms with van der Waals surface area (Å²) in [7, 11) is 0. The van der Waals surface area contributed by atoms with Crippen LogP contribution in [-0.4, -0.2) is 15.6 Å². The van der Waals surface area contributed by atoms with E-state index in [-0.39, 0.29) is 0 Å². The lowest BCUT2D eigenvalue weighted by Gasteiger charge is -2.56. The third-order valence-electron chi connectivity index (χ3n) is 6.68. The van der Waals surface area contributed by atoms with Crippen LogP contribution < -0.4 is 5.73 Å². The van der Waals surface area contributed by atoms with Gasteiger partial charge < -0.3 is 10.3 Å². The molecular formula is C17H25N3. The van der Waals surface area contributed by atoms with Crippen molar-refractivity contribution in [2.45, 2.75) is 69.4 Å². The van der Waals surface area contributed by atoms with Crippen molar-refractivity contribution >= 4 is 0 Å². The number of rotatable bonds is 1. The molecule has 1 aliphatic heterocycles. The van der Waals surface area contributed by atoms with Crippen molar-refractivity contribution in [2.24, 2.45) is 23.5 Å². The van der Waals surface area contributed by atoms with Gasteiger partial charge in [-0.15, -0.1) is 0 Å². The Morgan fingerprint density at radius 2 is 1.75 bits per heavy atom. The van der Waals surface area contributed by atoms with E-state index in [2.05, 4.69) is 10.9 Å². The Labute approximate surface area is 120 Å². The van der Waals surface area contributed by atoms with E-state index in [4.69, 9.17) is 10.7 Å². The highest BCUT2D eigenvalue weighted by molar-refractivity contribution is 5.29. The Morgan fingerprint density at radius 3 is 2.40 bits per heavy atom. The molecule has 20 heavy (non-hydrogen) atoms. The lowest BCUT2D eigenvalue weighted by Crippen LogP contribution is -2.49. The van der Waals surface area contributed by atoms with Gasteiger partial charge in [-0.2, -0.15) is 0 Å². The zero-order valence-corrected chi connectivity index (χ0v) is 12.2. The van der Waals surface area contributed by atoms with Crippen LogP contribution >= 0.6 is 0 Å². The molecule has 108 valence electrons. The van der Waals surface area contributed by atoms with E-state index in [1.165, 1.54) is 49.9 Å². The molecular weight excluding hydrogens is 246 g/mol. The van der Waals surface area contributed by atoms with Crippen LogP contribution in [0, 0.1) is 17.8 Å². The summed E-state index contributed by atoms with van der Waals surface area (Å²) in [4.78, 5) is 4.93. The first-order valence-corrected chi connectivity index (χ1v) is 8.52. The molecule has 0 amide bonds. The fraction of sp³-hybridized carbons (Fsp3) is 0.824. The molecule has 2 N–H and O–H groups in total. The highest BCUT2D eigenvalue weighted by atomic mass is 15.1. The minimum atomic E-state index is 0.354. The molecule has 0 aromatic carbocycles. The molecule has 0 radical (unpaired) electrons. The van der Waals surface area contributed by atoms with E-state index >= 15 is 0 Å². The second-order valence-electron chi connectivity index (χ2n) is 8.18. The summed E-state index contributed by atoms with van der Waals surface area (Å²) in [6, 6.07) is 0.354. The summed E-state index contributed by atoms with van der Waals surface area (Å²) in [5.41, 5.74) is 9.62. The maximum absolute atomic E-state index is 6.23. The number of nitrogens with zero attached hydrogens (tertiary/aromatic N) is 2. The number of hydrogen-bond acceptors (Lipinski definition) is 2. The smallest absolute Gasteiger partial charge is 0.0951 e. The molecule has 0 saturated heterocycles. The van der Waals surface area contributed by atoms with Crippen molar-refractivity contribution in [3.63, 3.8) is 0 Å². The fourth-order valence-corrected chi connectivity index (χ4v) is 6.31. The molecule has 3 nitrogen and oxygen atoms in total. The van der Waals surface area contributed by atoms with Gasteiger partial charge in [0, 0.05) is 30.1 Å². The van der Waals surface area contributed by atoms with Crippen molar-refractivity contribution in [1.29, 1.82) is 0 Å². The molecule has 6 rings (SSSR count). The zero-order valence-electron chi connectivity index (χ0n) is 12.2. The van der Waals surface area contributed by atoms with Gasteiger partial charge in [-0.1, -0.05) is 0 Å². The molecule has 1 aromatic rings. The number of aryl methyl sites for hydroxylation is 1. The van der Waals surface area contributed by atoms with Crippen LogP contribution in [0.4, 0.5) is 0 Å². The monoisotopic (exact) mass is 271 g/mol. The maximum atomic E-state index is 6.23. The molecule has 3 heteroatoms. The largest absolute Gasteiger partial charge is 0.334 e. The number of fused-ring (bicyclic) bond motifs is 1. The first kappa shape index (κ1) is 11.8. The normalized spacial score (nSPS) is 45.6. The summed E-state index contributed by atoms with van der Waals surface area (Å²) >= 11 is 0. The van der Waals surface area contributed by atoms with Crippen LogP contribution in [-0.2, 0) is 18.4 Å². The van der Waals surface area contributed by atoms with Gasteiger partial charge in [0.1, 0.15) is 0 Å². The standard InChI is InChI=1S/C17H25N3/c18-14-1-2-20-10-19-16(15(20)6-14)17-7-11-3-12(8-17)5-13(4-11)9-17/h10-14H,1-9,18H2. The van der Waals surface area contributed by atoms with Gasteiger partial charge in [-0.05, 0) is 62.7 Å². The molecule has 1 atom stereocenters. The van der Waals surface area contributed by atoms with Gasteiger partial charge >= 0.3 is 0 Å². The SMILES string of the molecule is NC1CCn2cnc(C34CC5CC(CC(C5)C3)C4)c2C1. The molecule has 4 bridgehead atoms. The van der Waals surface area contributed by atoms with Gasteiger partial charge in [0.05, 0.1) is 12.0 Å². The van der Waals surface area contributed by atoms with Crippen molar-refractivity contribution in [2.75, 3.05) is 0 Å². The number of nitrogens with two attached hydrogens (primary N) is 1. The van der Waals surface area contributed by atoms with Crippen LogP contribution in [0.5, 0.6) is 0 Å². The molecule has 5 aliphatic rings. The van der Waals surface area contributed by atoms with E-state index in [9.17, 15) is 0 Å². The van der Waals surface area contributed by atoms with E-state index < -0.39 is 0 Å². The Kier molecular flexibility index (Phi) is 2.29. The Morgan fingerprint density at radius 1 is 1.10 bits per heavy atom. The van der Waals surface area contributed by atoms with Crippen LogP contribution in [0.3, 0.4) is 0 Å². The van der Waals surface area contributed by atoms with Crippen LogP contribution in [0.2, 0.25) is 0 Å². The number of aromatic nitrogens is 2. The second kappa shape index (κ2) is 3.88. The predicted molar refractivity (Wildman–Crippen MR) is 78.4 cm³/mol. The molecule has 1 aromatic heterocycles. The third-order valence-corrected chi connectivity index (χ3v) is 6.68. The highest BCUT2D eigenvalue weighted by Gasteiger charge is 2.53. The van der Waals surface area contributed by atoms with Gasteiger partial charge in [-0.3, -0.25) is 0 Å². The first-order valence-electron chi connectivity index (χ1n) is 8.52. The molecule has 4 saturated carbocycles. The molecule has 0 spiro atoms. The van der Waals surface area contributed by atoms with Gasteiger partial charge in [0.2, 0.25) is 0 Å². The van der Waals surface area contributed by atoms with Crippen molar-refractivity contribution < 1.29 is 0 Å². The lowest BCUT2D eigenvalue weighted by molar-refractivity contribution is -0.00760. The lowest BCUT2D eigenvalue weighted by atomic mass is 9.48. The molecule has 1 unspecified atom stereocenters. The first-order chi connectivity index (χ1) is 9.72. The summed E-state index contributed by atoms with van der Waals surface area (Å²) in [5.74, 6) is 2.99. The second-order valence-corrected chi connectivity index (χ2v) is 8.18. The Hall–Kier alpha value is -0.830. The molecule has 4 aliphatic carbocycles. The van der Waals surface area contributed by atoms with Crippen molar-refractivity contribution in [3.8, 4) is 0 Å². The minimum Gasteiger partial charge on any atom is -0.334 e. The molecule has 2 heterocycles. The quantitative estimate of drug-likeness (QED) is 0.853. The van der Waals surface area contributed by atoms with E-state index in [0.717, 1.165) is 37.1 Å². The summed E-state index contributed by atoms with van der Waals surface area (Å²) in [6.07, 6.45) is 13.0. The average molecular weight is 271 g/mol. The van der Waals surface area contributed by atoms with E-state index in [1.54, 1.807) is 0 Å². The van der Waals surface area contributed by atoms with Crippen molar-refractivity contribution in [1.82, 2.24) is 9.55 Å². The Balaban J connectivity index is 1.58.